The number of nitrogens with two attached hydrogens (primary N) is 1. The molecule has 0 saturated heterocycles. The Morgan fingerprint density at radius 2 is 1.94 bits per heavy atom. The molecule has 1 aromatic carbocycles. The van der Waals surface area contributed by atoms with Crippen LogP contribution in [0, 0.1) is 6.57 Å². The van der Waals surface area contributed by atoms with E-state index in [1.54, 1.807) is 18.2 Å². The number of nitrogen functional groups attached to an aromatic ring is 1. The third kappa shape index (κ3) is 2.33. The molecule has 0 amide bonds. The van der Waals surface area contributed by atoms with Gasteiger partial charge in [0.05, 0.1) is 6.57 Å². The first kappa shape index (κ1) is 11.7. The first-order valence-electron chi connectivity index (χ1n) is 4.70. The zero-order chi connectivity index (χ0) is 12.4. The number of aromatic nitrogens is 1. The monoisotopic (exact) mass is 263 g/mol. The summed E-state index contributed by atoms with van der Waals surface area (Å²) in [5.74, 6) is 0.310. The minimum Gasteiger partial charge on any atom is -0.385 e. The molecule has 0 aliphatic rings. The average molecular weight is 264 g/mol. The standard InChI is InChI=1S/C12H7Cl2N3/c1-16-11-5-12(15)17-6-9(11)8-3-2-7(13)4-10(8)14/h2-6H,(H2,15,17). The molecule has 0 unspecified atom stereocenters. The summed E-state index contributed by atoms with van der Waals surface area (Å²) in [7, 11) is 0. The second-order valence-electron chi connectivity index (χ2n) is 3.36. The van der Waals surface area contributed by atoms with Gasteiger partial charge in [0, 0.05) is 21.8 Å². The zero-order valence-corrected chi connectivity index (χ0v) is 10.1. The van der Waals surface area contributed by atoms with E-state index in [1.165, 1.54) is 12.3 Å². The summed E-state index contributed by atoms with van der Waals surface area (Å²) in [5.41, 5.74) is 7.32. The first-order valence-corrected chi connectivity index (χ1v) is 5.46. The fourth-order valence-corrected chi connectivity index (χ4v) is 1.98. The van der Waals surface area contributed by atoms with Gasteiger partial charge in [0.1, 0.15) is 5.82 Å². The predicted octanol–water partition coefficient (Wildman–Crippen LogP) is 4.19. The van der Waals surface area contributed by atoms with Gasteiger partial charge in [0.2, 0.25) is 0 Å². The van der Waals surface area contributed by atoms with Gasteiger partial charge in [-0.3, -0.25) is 0 Å². The van der Waals surface area contributed by atoms with Crippen LogP contribution < -0.4 is 5.73 Å². The van der Waals surface area contributed by atoms with Crippen molar-refractivity contribution in [3.63, 3.8) is 0 Å². The number of hydrogen-bond donors (Lipinski definition) is 1. The van der Waals surface area contributed by atoms with E-state index in [2.05, 4.69) is 9.83 Å². The molecular formula is C12H7Cl2N3. The summed E-state index contributed by atoms with van der Waals surface area (Å²) in [6.07, 6.45) is 1.54. The van der Waals surface area contributed by atoms with Crippen LogP contribution >= 0.6 is 23.2 Å². The maximum absolute atomic E-state index is 7.12. The van der Waals surface area contributed by atoms with E-state index < -0.39 is 0 Å². The van der Waals surface area contributed by atoms with Crippen molar-refractivity contribution in [2.75, 3.05) is 5.73 Å². The normalized spacial score (nSPS) is 9.94. The molecule has 0 fully saturated rings. The molecular weight excluding hydrogens is 257 g/mol. The van der Waals surface area contributed by atoms with Gasteiger partial charge < -0.3 is 5.73 Å². The Hall–Kier alpha value is -1.76. The number of rotatable bonds is 1. The van der Waals surface area contributed by atoms with Gasteiger partial charge in [0.25, 0.3) is 0 Å². The number of halogens is 2. The van der Waals surface area contributed by atoms with Crippen molar-refractivity contribution >= 4 is 34.7 Å². The lowest BCUT2D eigenvalue weighted by Crippen LogP contribution is -1.90. The minimum atomic E-state index is 0.310. The van der Waals surface area contributed by atoms with Crippen LogP contribution in [0.25, 0.3) is 16.0 Å². The second-order valence-corrected chi connectivity index (χ2v) is 4.21. The topological polar surface area (TPSA) is 43.3 Å². The maximum atomic E-state index is 7.12. The molecule has 2 rings (SSSR count). The highest BCUT2D eigenvalue weighted by molar-refractivity contribution is 6.36. The molecule has 0 radical (unpaired) electrons. The molecule has 1 aromatic heterocycles. The van der Waals surface area contributed by atoms with Crippen LogP contribution in [0.5, 0.6) is 0 Å². The molecule has 3 nitrogen and oxygen atoms in total. The molecule has 0 saturated carbocycles. The molecule has 2 N–H and O–H groups in total. The number of benzene rings is 1. The third-order valence-electron chi connectivity index (χ3n) is 2.25. The Kier molecular flexibility index (Phi) is 3.19. The van der Waals surface area contributed by atoms with Crippen LogP contribution in [-0.4, -0.2) is 4.98 Å². The number of nitrogens with zero attached hydrogens (tertiary/aromatic N) is 2. The molecule has 0 atom stereocenters. The van der Waals surface area contributed by atoms with Gasteiger partial charge >= 0.3 is 0 Å². The summed E-state index contributed by atoms with van der Waals surface area (Å²) in [6.45, 7) is 7.12. The Bertz CT molecular complexity index is 618. The molecule has 17 heavy (non-hydrogen) atoms. The van der Waals surface area contributed by atoms with Crippen molar-refractivity contribution in [1.29, 1.82) is 0 Å². The van der Waals surface area contributed by atoms with Crippen molar-refractivity contribution in [2.45, 2.75) is 0 Å². The van der Waals surface area contributed by atoms with E-state index in [1.807, 2.05) is 0 Å². The Labute approximate surface area is 109 Å². The van der Waals surface area contributed by atoms with E-state index >= 15 is 0 Å². The third-order valence-corrected chi connectivity index (χ3v) is 2.79. The highest BCUT2D eigenvalue weighted by Crippen LogP contribution is 2.36. The zero-order valence-electron chi connectivity index (χ0n) is 8.61. The highest BCUT2D eigenvalue weighted by atomic mass is 35.5. The Morgan fingerprint density at radius 1 is 1.18 bits per heavy atom. The van der Waals surface area contributed by atoms with Crippen LogP contribution in [0.4, 0.5) is 11.5 Å². The van der Waals surface area contributed by atoms with Crippen LogP contribution in [-0.2, 0) is 0 Å². The molecule has 1 heterocycles. The van der Waals surface area contributed by atoms with E-state index in [4.69, 9.17) is 35.5 Å². The van der Waals surface area contributed by atoms with E-state index in [9.17, 15) is 0 Å². The molecule has 0 bridgehead atoms. The van der Waals surface area contributed by atoms with Crippen LogP contribution in [0.3, 0.4) is 0 Å². The van der Waals surface area contributed by atoms with Gasteiger partial charge in [-0.15, -0.1) is 0 Å². The number of hydrogen-bond acceptors (Lipinski definition) is 2. The number of pyridine rings is 1. The summed E-state index contributed by atoms with van der Waals surface area (Å²) in [4.78, 5) is 7.38. The molecule has 2 aromatic rings. The van der Waals surface area contributed by atoms with Crippen molar-refractivity contribution in [2.24, 2.45) is 0 Å². The molecule has 0 aliphatic heterocycles. The summed E-state index contributed by atoms with van der Waals surface area (Å²) < 4.78 is 0. The van der Waals surface area contributed by atoms with Gasteiger partial charge in [-0.1, -0.05) is 29.3 Å². The molecule has 5 heteroatoms. The lowest BCUT2D eigenvalue weighted by molar-refractivity contribution is 1.34. The highest BCUT2D eigenvalue weighted by Gasteiger charge is 2.10. The molecule has 84 valence electrons. The van der Waals surface area contributed by atoms with Gasteiger partial charge in [-0.05, 0) is 23.8 Å². The largest absolute Gasteiger partial charge is 0.385 e. The lowest BCUT2D eigenvalue weighted by atomic mass is 10.1. The van der Waals surface area contributed by atoms with Crippen molar-refractivity contribution in [3.05, 3.63) is 51.9 Å². The van der Waals surface area contributed by atoms with Gasteiger partial charge in [0.15, 0.2) is 5.69 Å². The molecule has 0 aliphatic carbocycles. The second kappa shape index (κ2) is 4.62. The van der Waals surface area contributed by atoms with E-state index in [0.717, 1.165) is 5.56 Å². The van der Waals surface area contributed by atoms with Crippen LogP contribution in [0.2, 0.25) is 10.0 Å². The van der Waals surface area contributed by atoms with Crippen LogP contribution in [0.1, 0.15) is 0 Å². The predicted molar refractivity (Wildman–Crippen MR) is 70.4 cm³/mol. The smallest absolute Gasteiger partial charge is 0.200 e. The summed E-state index contributed by atoms with van der Waals surface area (Å²) >= 11 is 11.9. The maximum Gasteiger partial charge on any atom is 0.200 e. The van der Waals surface area contributed by atoms with Gasteiger partial charge in [-0.25, -0.2) is 9.83 Å². The fourth-order valence-electron chi connectivity index (χ4n) is 1.47. The Morgan fingerprint density at radius 3 is 2.59 bits per heavy atom. The lowest BCUT2D eigenvalue weighted by Gasteiger charge is -2.07. The summed E-state index contributed by atoms with van der Waals surface area (Å²) in [6, 6.07) is 6.62. The van der Waals surface area contributed by atoms with E-state index in [-0.39, 0.29) is 0 Å². The van der Waals surface area contributed by atoms with Crippen molar-refractivity contribution in [1.82, 2.24) is 4.98 Å². The Balaban J connectivity index is 2.65. The number of anilines is 1. The molecule has 0 spiro atoms. The minimum absolute atomic E-state index is 0.310. The van der Waals surface area contributed by atoms with Gasteiger partial charge in [-0.2, -0.15) is 0 Å². The first-order chi connectivity index (χ1) is 8.11. The van der Waals surface area contributed by atoms with Crippen molar-refractivity contribution < 1.29 is 0 Å². The SMILES string of the molecule is [C-]#[N+]c1cc(N)ncc1-c1ccc(Cl)cc1Cl. The van der Waals surface area contributed by atoms with Crippen LogP contribution in [0.15, 0.2) is 30.5 Å². The summed E-state index contributed by atoms with van der Waals surface area (Å²) in [5, 5.41) is 1.03. The quantitative estimate of drug-likeness (QED) is 0.785. The fraction of sp³-hybridized carbons (Fsp3) is 0. The van der Waals surface area contributed by atoms with E-state index in [0.29, 0.717) is 27.1 Å². The average Bonchev–Trinajstić information content (AvgIpc) is 2.30. The van der Waals surface area contributed by atoms with Crippen molar-refractivity contribution in [3.8, 4) is 11.1 Å².